The second-order valence-electron chi connectivity index (χ2n) is 7.81. The van der Waals surface area contributed by atoms with Crippen LogP contribution in [0.4, 0.5) is 0 Å². The van der Waals surface area contributed by atoms with E-state index in [1.165, 1.54) is 11.4 Å². The molecule has 2 aliphatic rings. The van der Waals surface area contributed by atoms with Crippen molar-refractivity contribution in [2.45, 2.75) is 30.6 Å². The molecule has 1 aliphatic carbocycles. The summed E-state index contributed by atoms with van der Waals surface area (Å²) in [5.41, 5.74) is 2.66. The van der Waals surface area contributed by atoms with Crippen LogP contribution in [0.25, 0.3) is 0 Å². The number of fused-ring (bicyclic) bond motifs is 1. The molecular formula is C24H25NO4S. The minimum atomic E-state index is -3.67. The number of hydrogen-bond donors (Lipinski definition) is 0. The van der Waals surface area contributed by atoms with Gasteiger partial charge in [0, 0.05) is 18.7 Å². The SMILES string of the molecule is COC(=O)[C@@]1(c2ccccc2)C2=CCCN(S(=O)(=O)c3ccc(C)cc3)C=C2[C@@H]1C. The Morgan fingerprint density at radius 3 is 2.40 bits per heavy atom. The predicted octanol–water partition coefficient (Wildman–Crippen LogP) is 3.96. The van der Waals surface area contributed by atoms with Crippen molar-refractivity contribution in [3.63, 3.8) is 0 Å². The predicted molar refractivity (Wildman–Crippen MR) is 115 cm³/mol. The quantitative estimate of drug-likeness (QED) is 0.699. The van der Waals surface area contributed by atoms with Crippen LogP contribution in [0.3, 0.4) is 0 Å². The van der Waals surface area contributed by atoms with Gasteiger partial charge in [-0.2, -0.15) is 0 Å². The van der Waals surface area contributed by atoms with Gasteiger partial charge in [-0.15, -0.1) is 0 Å². The summed E-state index contributed by atoms with van der Waals surface area (Å²) in [6.07, 6.45) is 4.20. The van der Waals surface area contributed by atoms with Gasteiger partial charge in [-0.05, 0) is 42.2 Å². The summed E-state index contributed by atoms with van der Waals surface area (Å²) in [7, 11) is -2.27. The van der Waals surface area contributed by atoms with E-state index in [2.05, 4.69) is 0 Å². The molecule has 0 N–H and O–H groups in total. The third kappa shape index (κ3) is 2.89. The second kappa shape index (κ2) is 7.43. The Morgan fingerprint density at radius 1 is 1.10 bits per heavy atom. The molecule has 6 heteroatoms. The molecule has 2 aromatic carbocycles. The van der Waals surface area contributed by atoms with Crippen molar-refractivity contribution in [1.82, 2.24) is 4.31 Å². The average Bonchev–Trinajstić information content (AvgIpc) is 2.96. The van der Waals surface area contributed by atoms with Gasteiger partial charge in [-0.3, -0.25) is 9.10 Å². The molecule has 5 nitrogen and oxygen atoms in total. The van der Waals surface area contributed by atoms with E-state index in [0.29, 0.717) is 13.0 Å². The van der Waals surface area contributed by atoms with Crippen LogP contribution in [0, 0.1) is 12.8 Å². The minimum Gasteiger partial charge on any atom is -0.468 e. The van der Waals surface area contributed by atoms with Crippen molar-refractivity contribution in [3.8, 4) is 0 Å². The molecule has 0 bridgehead atoms. The second-order valence-corrected chi connectivity index (χ2v) is 9.70. The fourth-order valence-electron chi connectivity index (χ4n) is 4.57. The molecule has 0 aromatic heterocycles. The van der Waals surface area contributed by atoms with Gasteiger partial charge in [0.05, 0.1) is 12.0 Å². The van der Waals surface area contributed by atoms with Crippen LogP contribution in [-0.2, 0) is 25.0 Å². The van der Waals surface area contributed by atoms with Crippen molar-refractivity contribution in [2.24, 2.45) is 5.92 Å². The zero-order valence-electron chi connectivity index (χ0n) is 17.3. The van der Waals surface area contributed by atoms with Gasteiger partial charge in [0.15, 0.2) is 0 Å². The maximum atomic E-state index is 13.2. The molecule has 0 amide bonds. The lowest BCUT2D eigenvalue weighted by atomic mass is 9.51. The van der Waals surface area contributed by atoms with Gasteiger partial charge in [0.2, 0.25) is 0 Å². The number of benzene rings is 2. The molecule has 2 aromatic rings. The van der Waals surface area contributed by atoms with E-state index in [4.69, 9.17) is 4.74 Å². The third-order valence-corrected chi connectivity index (χ3v) is 7.97. The topological polar surface area (TPSA) is 63.7 Å². The number of carbonyl (C=O) groups excluding carboxylic acids is 1. The third-order valence-electron chi connectivity index (χ3n) is 6.20. The lowest BCUT2D eigenvalue weighted by Gasteiger charge is -2.50. The highest BCUT2D eigenvalue weighted by Crippen LogP contribution is 2.58. The number of rotatable bonds is 4. The molecule has 30 heavy (non-hydrogen) atoms. The van der Waals surface area contributed by atoms with Crippen LogP contribution in [0.5, 0.6) is 0 Å². The Kier molecular flexibility index (Phi) is 5.06. The van der Waals surface area contributed by atoms with Crippen LogP contribution < -0.4 is 0 Å². The highest BCUT2D eigenvalue weighted by molar-refractivity contribution is 7.89. The average molecular weight is 424 g/mol. The van der Waals surface area contributed by atoms with Gasteiger partial charge in [-0.25, -0.2) is 8.42 Å². The van der Waals surface area contributed by atoms with Gasteiger partial charge in [0.25, 0.3) is 10.0 Å². The number of sulfonamides is 1. The van der Waals surface area contributed by atoms with Gasteiger partial charge in [0.1, 0.15) is 5.41 Å². The lowest BCUT2D eigenvalue weighted by Crippen LogP contribution is -2.54. The van der Waals surface area contributed by atoms with E-state index in [-0.39, 0.29) is 16.8 Å². The van der Waals surface area contributed by atoms with Crippen molar-refractivity contribution in [2.75, 3.05) is 13.7 Å². The van der Waals surface area contributed by atoms with Gasteiger partial charge >= 0.3 is 5.97 Å². The van der Waals surface area contributed by atoms with Crippen LogP contribution >= 0.6 is 0 Å². The fraction of sp³-hybridized carbons (Fsp3) is 0.292. The molecule has 1 heterocycles. The summed E-state index contributed by atoms with van der Waals surface area (Å²) >= 11 is 0. The highest BCUT2D eigenvalue weighted by atomic mass is 32.2. The van der Waals surface area contributed by atoms with Crippen molar-refractivity contribution < 1.29 is 17.9 Å². The first kappa shape index (κ1) is 20.4. The molecule has 0 spiro atoms. The Bertz CT molecular complexity index is 1130. The van der Waals surface area contributed by atoms with Crippen molar-refractivity contribution in [1.29, 1.82) is 0 Å². The minimum absolute atomic E-state index is 0.215. The number of esters is 1. The van der Waals surface area contributed by atoms with E-state index >= 15 is 0 Å². The molecule has 1 aliphatic heterocycles. The number of allylic oxidation sites excluding steroid dienone is 1. The zero-order chi connectivity index (χ0) is 21.5. The van der Waals surface area contributed by atoms with Gasteiger partial charge < -0.3 is 4.74 Å². The summed E-state index contributed by atoms with van der Waals surface area (Å²) < 4.78 is 33.1. The summed E-state index contributed by atoms with van der Waals surface area (Å²) in [6.45, 7) is 4.20. The largest absolute Gasteiger partial charge is 0.468 e. The molecule has 156 valence electrons. The summed E-state index contributed by atoms with van der Waals surface area (Å²) in [6, 6.07) is 16.4. The Morgan fingerprint density at radius 2 is 1.77 bits per heavy atom. The summed E-state index contributed by atoms with van der Waals surface area (Å²) in [4.78, 5) is 13.3. The number of methoxy groups -OCH3 is 1. The number of hydrogen-bond acceptors (Lipinski definition) is 4. The maximum Gasteiger partial charge on any atom is 0.321 e. The van der Waals surface area contributed by atoms with E-state index in [1.54, 1.807) is 30.5 Å². The number of aryl methyl sites for hydroxylation is 1. The number of nitrogens with zero attached hydrogens (tertiary/aromatic N) is 1. The molecule has 1 saturated carbocycles. The van der Waals surface area contributed by atoms with E-state index in [1.807, 2.05) is 50.3 Å². The molecule has 4 rings (SSSR count). The molecular weight excluding hydrogens is 398 g/mol. The first-order chi connectivity index (χ1) is 14.3. The Labute approximate surface area is 177 Å². The van der Waals surface area contributed by atoms with Crippen LogP contribution in [0.2, 0.25) is 0 Å². The van der Waals surface area contributed by atoms with E-state index in [9.17, 15) is 13.2 Å². The van der Waals surface area contributed by atoms with Crippen LogP contribution in [0.15, 0.2) is 82.9 Å². The lowest BCUT2D eigenvalue weighted by molar-refractivity contribution is -0.148. The van der Waals surface area contributed by atoms with Crippen molar-refractivity contribution in [3.05, 3.63) is 89.1 Å². The van der Waals surface area contributed by atoms with Crippen LogP contribution in [0.1, 0.15) is 24.5 Å². The van der Waals surface area contributed by atoms with Crippen molar-refractivity contribution >= 4 is 16.0 Å². The summed E-state index contributed by atoms with van der Waals surface area (Å²) in [5, 5.41) is 0. The normalized spacial score (nSPS) is 23.4. The highest BCUT2D eigenvalue weighted by Gasteiger charge is 2.60. The van der Waals surface area contributed by atoms with E-state index in [0.717, 1.165) is 22.3 Å². The van der Waals surface area contributed by atoms with E-state index < -0.39 is 15.4 Å². The molecule has 1 fully saturated rings. The molecule has 0 unspecified atom stereocenters. The smallest absolute Gasteiger partial charge is 0.321 e. The maximum absolute atomic E-state index is 13.2. The first-order valence-electron chi connectivity index (χ1n) is 9.98. The van der Waals surface area contributed by atoms with Gasteiger partial charge in [-0.1, -0.05) is 61.0 Å². The standard InChI is InChI=1S/C24H25NO4S/c1-17-11-13-20(14-12-17)30(27,28)25-15-7-10-22-21(16-25)18(2)24(22,23(26)29-3)19-8-5-4-6-9-19/h4-6,8-14,16,18H,7,15H2,1-3H3/t18-,24-/m0/s1. The molecule has 0 radical (unpaired) electrons. The Balaban J connectivity index is 1.77. The molecule has 0 saturated heterocycles. The number of ether oxygens (including phenoxy) is 1. The fourth-order valence-corrected chi connectivity index (χ4v) is 5.92. The van der Waals surface area contributed by atoms with Crippen LogP contribution in [-0.4, -0.2) is 32.3 Å². The monoisotopic (exact) mass is 423 g/mol. The zero-order valence-corrected chi connectivity index (χ0v) is 18.1. The molecule has 2 atom stereocenters. The number of carbonyl (C=O) groups is 1. The Hall–Kier alpha value is -2.86. The summed E-state index contributed by atoms with van der Waals surface area (Å²) in [5.74, 6) is -0.535. The first-order valence-corrected chi connectivity index (χ1v) is 11.4.